The van der Waals surface area contributed by atoms with Crippen molar-refractivity contribution in [3.63, 3.8) is 0 Å². The fourth-order valence-corrected chi connectivity index (χ4v) is 3.95. The standard InChI is InChI=1S/C13H12Cl2N2O3S2/c1-7(10-3-2-9(14)5-11(10)15)17-13(18)8-4-12(21-6-8)22(16,19)20/h2-7H,1H3,(H,17,18)(H2,16,19,20). The molecule has 0 aliphatic carbocycles. The van der Waals surface area contributed by atoms with Gasteiger partial charge in [-0.2, -0.15) is 0 Å². The van der Waals surface area contributed by atoms with Crippen LogP contribution >= 0.6 is 34.5 Å². The van der Waals surface area contributed by atoms with Gasteiger partial charge in [0.05, 0.1) is 11.6 Å². The van der Waals surface area contributed by atoms with E-state index in [1.807, 2.05) is 0 Å². The van der Waals surface area contributed by atoms with Crippen LogP contribution < -0.4 is 10.5 Å². The van der Waals surface area contributed by atoms with Crippen molar-refractivity contribution in [2.75, 3.05) is 0 Å². The number of benzene rings is 1. The first kappa shape index (κ1) is 17.2. The minimum Gasteiger partial charge on any atom is -0.345 e. The van der Waals surface area contributed by atoms with Crippen LogP contribution in [0.1, 0.15) is 28.9 Å². The average molecular weight is 379 g/mol. The predicted molar refractivity (Wildman–Crippen MR) is 88.0 cm³/mol. The van der Waals surface area contributed by atoms with Crippen LogP contribution in [0.4, 0.5) is 0 Å². The highest BCUT2D eigenvalue weighted by atomic mass is 35.5. The molecule has 2 rings (SSSR count). The summed E-state index contributed by atoms with van der Waals surface area (Å²) >= 11 is 12.8. The number of nitrogens with two attached hydrogens (primary N) is 1. The first-order chi connectivity index (χ1) is 10.2. The van der Waals surface area contributed by atoms with E-state index in [-0.39, 0.29) is 15.8 Å². The van der Waals surface area contributed by atoms with Crippen LogP contribution in [-0.2, 0) is 10.0 Å². The van der Waals surface area contributed by atoms with Crippen LogP contribution in [0.25, 0.3) is 0 Å². The van der Waals surface area contributed by atoms with Gasteiger partial charge in [0.15, 0.2) is 0 Å². The molecule has 2 aromatic rings. The highest BCUT2D eigenvalue weighted by Gasteiger charge is 2.18. The van der Waals surface area contributed by atoms with Crippen molar-refractivity contribution in [2.24, 2.45) is 5.14 Å². The molecule has 1 unspecified atom stereocenters. The van der Waals surface area contributed by atoms with Crippen LogP contribution in [0.15, 0.2) is 33.9 Å². The van der Waals surface area contributed by atoms with E-state index >= 15 is 0 Å². The summed E-state index contributed by atoms with van der Waals surface area (Å²) in [5, 5.41) is 10.1. The van der Waals surface area contributed by atoms with Gasteiger partial charge in [0.1, 0.15) is 4.21 Å². The molecule has 0 aliphatic heterocycles. The predicted octanol–water partition coefficient (Wildman–Crippen LogP) is 3.19. The Morgan fingerprint density at radius 2 is 2.00 bits per heavy atom. The first-order valence-electron chi connectivity index (χ1n) is 6.05. The number of hydrogen-bond acceptors (Lipinski definition) is 4. The highest BCUT2D eigenvalue weighted by Crippen LogP contribution is 2.26. The SMILES string of the molecule is CC(NC(=O)c1csc(S(N)(=O)=O)c1)c1ccc(Cl)cc1Cl. The Morgan fingerprint density at radius 1 is 1.32 bits per heavy atom. The van der Waals surface area contributed by atoms with Crippen LogP contribution in [0.5, 0.6) is 0 Å². The minimum atomic E-state index is -3.80. The lowest BCUT2D eigenvalue weighted by Crippen LogP contribution is -2.26. The van der Waals surface area contributed by atoms with Crippen molar-refractivity contribution >= 4 is 50.5 Å². The normalized spacial score (nSPS) is 12.9. The van der Waals surface area contributed by atoms with Gasteiger partial charge >= 0.3 is 0 Å². The van der Waals surface area contributed by atoms with E-state index in [1.165, 1.54) is 11.4 Å². The van der Waals surface area contributed by atoms with Gasteiger partial charge in [-0.1, -0.05) is 29.3 Å². The fraction of sp³-hybridized carbons (Fsp3) is 0.154. The average Bonchev–Trinajstić information content (AvgIpc) is 2.87. The van der Waals surface area contributed by atoms with Crippen molar-refractivity contribution in [3.8, 4) is 0 Å². The highest BCUT2D eigenvalue weighted by molar-refractivity contribution is 7.91. The number of amides is 1. The number of thiophene rings is 1. The van der Waals surface area contributed by atoms with Gasteiger partial charge in [0, 0.05) is 15.4 Å². The van der Waals surface area contributed by atoms with E-state index in [4.69, 9.17) is 28.3 Å². The maximum absolute atomic E-state index is 12.1. The monoisotopic (exact) mass is 378 g/mol. The summed E-state index contributed by atoms with van der Waals surface area (Å²) in [7, 11) is -3.80. The number of carbonyl (C=O) groups is 1. The molecule has 0 spiro atoms. The zero-order valence-corrected chi connectivity index (χ0v) is 14.5. The molecule has 0 radical (unpaired) electrons. The van der Waals surface area contributed by atoms with Crippen LogP contribution in [-0.4, -0.2) is 14.3 Å². The number of carbonyl (C=O) groups excluding carboxylic acids is 1. The van der Waals surface area contributed by atoms with Crippen molar-refractivity contribution in [1.29, 1.82) is 0 Å². The van der Waals surface area contributed by atoms with E-state index in [9.17, 15) is 13.2 Å². The van der Waals surface area contributed by atoms with Crippen molar-refractivity contribution in [1.82, 2.24) is 5.32 Å². The zero-order chi connectivity index (χ0) is 16.5. The Hall–Kier alpha value is -1.12. The lowest BCUT2D eigenvalue weighted by molar-refractivity contribution is 0.0940. The number of hydrogen-bond donors (Lipinski definition) is 2. The maximum Gasteiger partial charge on any atom is 0.252 e. The van der Waals surface area contributed by atoms with Gasteiger partial charge in [-0.25, -0.2) is 13.6 Å². The minimum absolute atomic E-state index is 0.0603. The number of nitrogens with one attached hydrogen (secondary N) is 1. The molecule has 1 aromatic heterocycles. The molecule has 0 aliphatic rings. The van der Waals surface area contributed by atoms with Gasteiger partial charge in [-0.05, 0) is 30.7 Å². The van der Waals surface area contributed by atoms with Crippen LogP contribution in [0, 0.1) is 0 Å². The Morgan fingerprint density at radius 3 is 2.55 bits per heavy atom. The summed E-state index contributed by atoms with van der Waals surface area (Å²) < 4.78 is 22.4. The molecule has 118 valence electrons. The Labute approximate surface area is 142 Å². The van der Waals surface area contributed by atoms with E-state index in [0.29, 0.717) is 15.6 Å². The topological polar surface area (TPSA) is 89.3 Å². The van der Waals surface area contributed by atoms with Gasteiger partial charge in [0.2, 0.25) is 10.0 Å². The third-order valence-corrected chi connectivity index (χ3v) is 5.84. The smallest absolute Gasteiger partial charge is 0.252 e. The molecule has 9 heteroatoms. The van der Waals surface area contributed by atoms with E-state index in [2.05, 4.69) is 5.32 Å². The molecule has 0 fully saturated rings. The van der Waals surface area contributed by atoms with Gasteiger partial charge in [-0.15, -0.1) is 11.3 Å². The molecule has 0 saturated heterocycles. The summed E-state index contributed by atoms with van der Waals surface area (Å²) in [6.45, 7) is 1.76. The summed E-state index contributed by atoms with van der Waals surface area (Å²) in [6, 6.07) is 5.86. The quantitative estimate of drug-likeness (QED) is 0.855. The van der Waals surface area contributed by atoms with Gasteiger partial charge in [0.25, 0.3) is 5.91 Å². The number of halogens is 2. The second kappa shape index (κ2) is 6.55. The Balaban J connectivity index is 2.16. The fourth-order valence-electron chi connectivity index (χ4n) is 1.80. The van der Waals surface area contributed by atoms with Gasteiger partial charge in [-0.3, -0.25) is 4.79 Å². The van der Waals surface area contributed by atoms with Gasteiger partial charge < -0.3 is 5.32 Å². The summed E-state index contributed by atoms with van der Waals surface area (Å²) in [4.78, 5) is 12.1. The Bertz CT molecular complexity index is 818. The van der Waals surface area contributed by atoms with Crippen molar-refractivity contribution in [3.05, 3.63) is 50.8 Å². The first-order valence-corrected chi connectivity index (χ1v) is 9.24. The number of rotatable bonds is 4. The second-order valence-corrected chi connectivity index (χ2v) is 8.10. The van der Waals surface area contributed by atoms with E-state index < -0.39 is 15.9 Å². The third kappa shape index (κ3) is 3.99. The lowest BCUT2D eigenvalue weighted by Gasteiger charge is -2.15. The molecule has 0 bridgehead atoms. The molecular formula is C13H12Cl2N2O3S2. The van der Waals surface area contributed by atoms with Crippen LogP contribution in [0.2, 0.25) is 10.0 Å². The van der Waals surface area contributed by atoms with Crippen LogP contribution in [0.3, 0.4) is 0 Å². The second-order valence-electron chi connectivity index (χ2n) is 4.56. The zero-order valence-electron chi connectivity index (χ0n) is 11.3. The largest absolute Gasteiger partial charge is 0.345 e. The molecule has 0 saturated carbocycles. The molecule has 22 heavy (non-hydrogen) atoms. The molecule has 1 amide bonds. The molecular weight excluding hydrogens is 367 g/mol. The molecule has 1 aromatic carbocycles. The summed E-state index contributed by atoms with van der Waals surface area (Å²) in [6.07, 6.45) is 0. The molecule has 1 heterocycles. The van der Waals surface area contributed by atoms with Crippen molar-refractivity contribution in [2.45, 2.75) is 17.2 Å². The third-order valence-electron chi connectivity index (χ3n) is 2.89. The summed E-state index contributed by atoms with van der Waals surface area (Å²) in [5.74, 6) is -0.412. The Kier molecular flexibility index (Phi) is 5.14. The lowest BCUT2D eigenvalue weighted by atomic mass is 10.1. The van der Waals surface area contributed by atoms with E-state index in [0.717, 1.165) is 11.3 Å². The number of primary sulfonamides is 1. The van der Waals surface area contributed by atoms with Crippen molar-refractivity contribution < 1.29 is 13.2 Å². The molecule has 5 nitrogen and oxygen atoms in total. The maximum atomic E-state index is 12.1. The number of sulfonamides is 1. The van der Waals surface area contributed by atoms with E-state index in [1.54, 1.807) is 25.1 Å². The molecule has 3 N–H and O–H groups in total. The summed E-state index contributed by atoms with van der Waals surface area (Å²) in [5.41, 5.74) is 0.937. The molecule has 1 atom stereocenters.